The summed E-state index contributed by atoms with van der Waals surface area (Å²) in [5.41, 5.74) is 1.33. The zero-order chi connectivity index (χ0) is 18.5. The standard InChI is InChI=1S/C18H14F2N4O2/c1-26-17(25)11-3-2-4-12(9-11)23-18-21-8-7-16(24-18)22-13-5-6-14(19)15(20)10-13/h2-10H,1H3,(H2,21,22,23,24). The second-order valence-corrected chi connectivity index (χ2v) is 5.22. The van der Waals surface area contributed by atoms with Crippen LogP contribution < -0.4 is 10.6 Å². The first-order chi connectivity index (χ1) is 12.5. The van der Waals surface area contributed by atoms with Gasteiger partial charge in [-0.2, -0.15) is 4.98 Å². The van der Waals surface area contributed by atoms with Crippen LogP contribution in [0.5, 0.6) is 0 Å². The number of esters is 1. The minimum absolute atomic E-state index is 0.264. The van der Waals surface area contributed by atoms with Gasteiger partial charge in [0.05, 0.1) is 12.7 Å². The first kappa shape index (κ1) is 17.3. The molecule has 3 aromatic rings. The Balaban J connectivity index is 1.77. The fraction of sp³-hybridized carbons (Fsp3) is 0.0556. The molecule has 0 bridgehead atoms. The van der Waals surface area contributed by atoms with E-state index in [9.17, 15) is 13.6 Å². The Morgan fingerprint density at radius 3 is 2.58 bits per heavy atom. The van der Waals surface area contributed by atoms with Crippen molar-refractivity contribution in [2.75, 3.05) is 17.7 Å². The highest BCUT2D eigenvalue weighted by atomic mass is 19.2. The number of nitrogens with one attached hydrogen (secondary N) is 2. The first-order valence-electron chi connectivity index (χ1n) is 7.55. The predicted octanol–water partition coefficient (Wildman–Crippen LogP) is 4.03. The number of ether oxygens (including phenoxy) is 1. The third-order valence-electron chi connectivity index (χ3n) is 3.39. The maximum Gasteiger partial charge on any atom is 0.337 e. The lowest BCUT2D eigenvalue weighted by Crippen LogP contribution is -2.03. The van der Waals surface area contributed by atoms with E-state index in [0.717, 1.165) is 12.1 Å². The summed E-state index contributed by atoms with van der Waals surface area (Å²) in [4.78, 5) is 19.9. The van der Waals surface area contributed by atoms with Crippen LogP contribution in [0.3, 0.4) is 0 Å². The Hall–Kier alpha value is -3.55. The van der Waals surface area contributed by atoms with Gasteiger partial charge >= 0.3 is 5.97 Å². The number of rotatable bonds is 5. The maximum absolute atomic E-state index is 13.3. The van der Waals surface area contributed by atoms with E-state index in [0.29, 0.717) is 22.8 Å². The molecular weight excluding hydrogens is 342 g/mol. The van der Waals surface area contributed by atoms with Gasteiger partial charge in [0.2, 0.25) is 5.95 Å². The monoisotopic (exact) mass is 356 g/mol. The number of nitrogens with zero attached hydrogens (tertiary/aromatic N) is 2. The van der Waals surface area contributed by atoms with Crippen LogP contribution in [0.15, 0.2) is 54.7 Å². The van der Waals surface area contributed by atoms with E-state index < -0.39 is 17.6 Å². The Labute approximate surface area is 147 Å². The lowest BCUT2D eigenvalue weighted by molar-refractivity contribution is 0.0601. The van der Waals surface area contributed by atoms with Gasteiger partial charge in [-0.3, -0.25) is 0 Å². The minimum atomic E-state index is -0.956. The molecule has 1 heterocycles. The Morgan fingerprint density at radius 2 is 1.81 bits per heavy atom. The van der Waals surface area contributed by atoms with Gasteiger partial charge in [-0.05, 0) is 36.4 Å². The molecule has 0 fully saturated rings. The average molecular weight is 356 g/mol. The summed E-state index contributed by atoms with van der Waals surface area (Å²) in [6.45, 7) is 0. The number of hydrogen-bond acceptors (Lipinski definition) is 6. The van der Waals surface area contributed by atoms with Crippen molar-refractivity contribution in [1.82, 2.24) is 9.97 Å². The molecule has 26 heavy (non-hydrogen) atoms. The molecule has 0 radical (unpaired) electrons. The first-order valence-corrected chi connectivity index (χ1v) is 7.55. The summed E-state index contributed by atoms with van der Waals surface area (Å²) < 4.78 is 31.0. The summed E-state index contributed by atoms with van der Waals surface area (Å²) in [5, 5.41) is 5.83. The summed E-state index contributed by atoms with van der Waals surface area (Å²) >= 11 is 0. The molecule has 2 N–H and O–H groups in total. The number of methoxy groups -OCH3 is 1. The van der Waals surface area contributed by atoms with Crippen LogP contribution in [-0.4, -0.2) is 23.0 Å². The maximum atomic E-state index is 13.3. The van der Waals surface area contributed by atoms with E-state index in [2.05, 4.69) is 25.3 Å². The number of benzene rings is 2. The molecule has 3 rings (SSSR count). The number of aromatic nitrogens is 2. The lowest BCUT2D eigenvalue weighted by atomic mass is 10.2. The molecule has 0 saturated carbocycles. The van der Waals surface area contributed by atoms with Gasteiger partial charge in [0.1, 0.15) is 5.82 Å². The highest BCUT2D eigenvalue weighted by Gasteiger charge is 2.07. The molecule has 0 aliphatic rings. The van der Waals surface area contributed by atoms with Crippen molar-refractivity contribution in [3.8, 4) is 0 Å². The number of anilines is 4. The Kier molecular flexibility index (Phi) is 5.02. The van der Waals surface area contributed by atoms with E-state index in [1.807, 2.05) is 0 Å². The van der Waals surface area contributed by atoms with Crippen LogP contribution in [-0.2, 0) is 4.74 Å². The molecule has 8 heteroatoms. The molecular formula is C18H14F2N4O2. The van der Waals surface area contributed by atoms with Gasteiger partial charge in [-0.25, -0.2) is 18.6 Å². The third-order valence-corrected chi connectivity index (χ3v) is 3.39. The van der Waals surface area contributed by atoms with Crippen LogP contribution in [0.2, 0.25) is 0 Å². The molecule has 0 amide bonds. The van der Waals surface area contributed by atoms with Gasteiger partial charge < -0.3 is 15.4 Å². The van der Waals surface area contributed by atoms with Gasteiger partial charge in [-0.15, -0.1) is 0 Å². The third kappa shape index (κ3) is 4.10. The van der Waals surface area contributed by atoms with Gasteiger partial charge in [-0.1, -0.05) is 6.07 Å². The lowest BCUT2D eigenvalue weighted by Gasteiger charge is -2.09. The topological polar surface area (TPSA) is 76.1 Å². The fourth-order valence-electron chi connectivity index (χ4n) is 2.18. The Bertz CT molecular complexity index is 950. The quantitative estimate of drug-likeness (QED) is 0.672. The van der Waals surface area contributed by atoms with Crippen LogP contribution in [0.1, 0.15) is 10.4 Å². The predicted molar refractivity (Wildman–Crippen MR) is 92.7 cm³/mol. The van der Waals surface area contributed by atoms with Gasteiger partial charge in [0.15, 0.2) is 11.6 Å². The van der Waals surface area contributed by atoms with Crippen LogP contribution in [0.4, 0.5) is 31.9 Å². The highest BCUT2D eigenvalue weighted by molar-refractivity contribution is 5.90. The summed E-state index contributed by atoms with van der Waals surface area (Å²) in [5.74, 6) is -1.69. The van der Waals surface area contributed by atoms with Crippen molar-refractivity contribution in [1.29, 1.82) is 0 Å². The second-order valence-electron chi connectivity index (χ2n) is 5.22. The van der Waals surface area contributed by atoms with Crippen LogP contribution in [0.25, 0.3) is 0 Å². The second kappa shape index (κ2) is 7.56. The summed E-state index contributed by atoms with van der Waals surface area (Å²) in [7, 11) is 1.30. The smallest absolute Gasteiger partial charge is 0.337 e. The van der Waals surface area contributed by atoms with Crippen molar-refractivity contribution in [2.45, 2.75) is 0 Å². The van der Waals surface area contributed by atoms with Crippen molar-refractivity contribution < 1.29 is 18.3 Å². The fourth-order valence-corrected chi connectivity index (χ4v) is 2.18. The average Bonchev–Trinajstić information content (AvgIpc) is 2.64. The van der Waals surface area contributed by atoms with Gasteiger partial charge in [0, 0.05) is 23.6 Å². The molecule has 1 aromatic heterocycles. The van der Waals surface area contributed by atoms with Crippen LogP contribution in [0, 0.1) is 11.6 Å². The molecule has 0 spiro atoms. The van der Waals surface area contributed by atoms with Crippen molar-refractivity contribution in [2.24, 2.45) is 0 Å². The molecule has 0 unspecified atom stereocenters. The largest absolute Gasteiger partial charge is 0.465 e. The SMILES string of the molecule is COC(=O)c1cccc(Nc2nccc(Nc3ccc(F)c(F)c3)n2)c1. The molecule has 0 aliphatic heterocycles. The molecule has 2 aromatic carbocycles. The number of carbonyl (C=O) groups is 1. The molecule has 132 valence electrons. The molecule has 0 atom stereocenters. The number of hydrogen-bond donors (Lipinski definition) is 2. The van der Waals surface area contributed by atoms with Crippen LogP contribution >= 0.6 is 0 Å². The van der Waals surface area contributed by atoms with Crippen molar-refractivity contribution >= 4 is 29.1 Å². The molecule has 6 nitrogen and oxygen atoms in total. The minimum Gasteiger partial charge on any atom is -0.465 e. The molecule has 0 saturated heterocycles. The van der Waals surface area contributed by atoms with E-state index in [1.165, 1.54) is 19.4 Å². The van der Waals surface area contributed by atoms with E-state index in [4.69, 9.17) is 0 Å². The summed E-state index contributed by atoms with van der Waals surface area (Å²) in [6.07, 6.45) is 1.50. The zero-order valence-electron chi connectivity index (χ0n) is 13.7. The highest BCUT2D eigenvalue weighted by Crippen LogP contribution is 2.20. The zero-order valence-corrected chi connectivity index (χ0v) is 13.7. The van der Waals surface area contributed by atoms with E-state index >= 15 is 0 Å². The van der Waals surface area contributed by atoms with E-state index in [-0.39, 0.29) is 5.95 Å². The van der Waals surface area contributed by atoms with Crippen molar-refractivity contribution in [3.63, 3.8) is 0 Å². The van der Waals surface area contributed by atoms with E-state index in [1.54, 1.807) is 30.3 Å². The Morgan fingerprint density at radius 1 is 1.00 bits per heavy atom. The van der Waals surface area contributed by atoms with Crippen molar-refractivity contribution in [3.05, 3.63) is 71.9 Å². The number of halogens is 2. The molecule has 0 aliphatic carbocycles. The van der Waals surface area contributed by atoms with Gasteiger partial charge in [0.25, 0.3) is 0 Å². The number of carbonyl (C=O) groups excluding carboxylic acids is 1. The normalized spacial score (nSPS) is 10.3. The summed E-state index contributed by atoms with van der Waals surface area (Å²) in [6, 6.07) is 11.7.